The first-order chi connectivity index (χ1) is 6.24. The summed E-state index contributed by atoms with van der Waals surface area (Å²) in [4.78, 5) is 0. The van der Waals surface area contributed by atoms with E-state index in [4.69, 9.17) is 14.9 Å². The van der Waals surface area contributed by atoms with Gasteiger partial charge >= 0.3 is 0 Å². The quantitative estimate of drug-likeness (QED) is 0.722. The second-order valence-corrected chi connectivity index (χ2v) is 2.58. The van der Waals surface area contributed by atoms with Gasteiger partial charge in [-0.1, -0.05) is 12.1 Å². The lowest BCUT2D eigenvalue weighted by atomic mass is 10.3. The molecule has 0 unspecified atom stereocenters. The molecule has 0 saturated heterocycles. The molecule has 1 aromatic carbocycles. The average Bonchev–Trinajstić information content (AvgIpc) is 2.16. The summed E-state index contributed by atoms with van der Waals surface area (Å²) in [6, 6.07) is 5.90. The Labute approximate surface area is 75.4 Å². The van der Waals surface area contributed by atoms with Gasteiger partial charge in [-0.05, 0) is 12.1 Å². The minimum Gasteiger partial charge on any atom is -0.488 e. The highest BCUT2D eigenvalue weighted by Gasteiger charge is 2.05. The number of hydrogen-bond donors (Lipinski definition) is 2. The molecule has 0 bridgehead atoms. The van der Waals surface area contributed by atoms with Gasteiger partial charge in [-0.2, -0.15) is 0 Å². The Bertz CT molecular complexity index is 265. The lowest BCUT2D eigenvalue weighted by Crippen LogP contribution is -2.21. The van der Waals surface area contributed by atoms with Crippen LogP contribution in [0, 0.1) is 5.82 Å². The van der Waals surface area contributed by atoms with Crippen LogP contribution in [0.3, 0.4) is 0 Å². The van der Waals surface area contributed by atoms with Crippen LogP contribution in [-0.4, -0.2) is 29.5 Å². The summed E-state index contributed by atoms with van der Waals surface area (Å²) in [7, 11) is 0. The molecule has 0 heterocycles. The highest BCUT2D eigenvalue weighted by molar-refractivity contribution is 5.23. The molecule has 13 heavy (non-hydrogen) atoms. The SMILES string of the molecule is OC[C@H](O)COc1ccccc1F. The lowest BCUT2D eigenvalue weighted by molar-refractivity contribution is 0.0523. The molecule has 1 atom stereocenters. The van der Waals surface area contributed by atoms with Crippen LogP contribution < -0.4 is 4.74 Å². The molecule has 2 N–H and O–H groups in total. The average molecular weight is 186 g/mol. The third kappa shape index (κ3) is 3.01. The molecule has 4 heteroatoms. The molecule has 1 aromatic rings. The van der Waals surface area contributed by atoms with Crippen molar-refractivity contribution in [1.82, 2.24) is 0 Å². The molecule has 0 aliphatic carbocycles. The number of para-hydroxylation sites is 1. The van der Waals surface area contributed by atoms with Gasteiger partial charge in [0.1, 0.15) is 12.7 Å². The number of aliphatic hydroxyl groups excluding tert-OH is 2. The van der Waals surface area contributed by atoms with E-state index in [1.807, 2.05) is 0 Å². The first kappa shape index (κ1) is 9.95. The maximum absolute atomic E-state index is 12.9. The van der Waals surface area contributed by atoms with Gasteiger partial charge in [-0.25, -0.2) is 4.39 Å². The molecule has 0 aromatic heterocycles. The van der Waals surface area contributed by atoms with Gasteiger partial charge in [0.2, 0.25) is 0 Å². The van der Waals surface area contributed by atoms with Gasteiger partial charge in [-0.15, -0.1) is 0 Å². The minimum atomic E-state index is -0.973. The van der Waals surface area contributed by atoms with E-state index in [2.05, 4.69) is 0 Å². The lowest BCUT2D eigenvalue weighted by Gasteiger charge is -2.09. The van der Waals surface area contributed by atoms with Gasteiger partial charge in [0, 0.05) is 0 Å². The van der Waals surface area contributed by atoms with E-state index in [1.54, 1.807) is 12.1 Å². The van der Waals surface area contributed by atoms with Crippen molar-refractivity contribution >= 4 is 0 Å². The minimum absolute atomic E-state index is 0.0787. The van der Waals surface area contributed by atoms with E-state index in [0.29, 0.717) is 0 Å². The Balaban J connectivity index is 2.50. The van der Waals surface area contributed by atoms with Crippen LogP contribution in [-0.2, 0) is 0 Å². The summed E-state index contributed by atoms with van der Waals surface area (Å²) < 4.78 is 17.8. The van der Waals surface area contributed by atoms with Crippen molar-refractivity contribution < 1.29 is 19.3 Å². The zero-order valence-electron chi connectivity index (χ0n) is 6.98. The molecule has 0 saturated carbocycles. The Morgan fingerprint density at radius 1 is 1.38 bits per heavy atom. The van der Waals surface area contributed by atoms with Gasteiger partial charge in [-0.3, -0.25) is 0 Å². The fraction of sp³-hybridized carbons (Fsp3) is 0.333. The van der Waals surface area contributed by atoms with E-state index in [9.17, 15) is 4.39 Å². The molecule has 0 amide bonds. The highest BCUT2D eigenvalue weighted by Crippen LogP contribution is 2.15. The monoisotopic (exact) mass is 186 g/mol. The molecule has 0 aliphatic rings. The van der Waals surface area contributed by atoms with E-state index < -0.39 is 18.5 Å². The van der Waals surface area contributed by atoms with E-state index in [0.717, 1.165) is 0 Å². The third-order valence-corrected chi connectivity index (χ3v) is 1.48. The highest BCUT2D eigenvalue weighted by atomic mass is 19.1. The smallest absolute Gasteiger partial charge is 0.165 e. The zero-order valence-corrected chi connectivity index (χ0v) is 6.98. The molecular formula is C9H11FO3. The summed E-state index contributed by atoms with van der Waals surface area (Å²) in [5.74, 6) is -0.400. The third-order valence-electron chi connectivity index (χ3n) is 1.48. The van der Waals surface area contributed by atoms with Crippen molar-refractivity contribution in [1.29, 1.82) is 0 Å². The summed E-state index contributed by atoms with van der Waals surface area (Å²) in [5, 5.41) is 17.4. The van der Waals surface area contributed by atoms with Crippen molar-refractivity contribution in [2.45, 2.75) is 6.10 Å². The number of benzene rings is 1. The van der Waals surface area contributed by atoms with Crippen molar-refractivity contribution in [3.8, 4) is 5.75 Å². The molecule has 0 fully saturated rings. The Hall–Kier alpha value is -1.13. The predicted molar refractivity (Wildman–Crippen MR) is 45.0 cm³/mol. The number of hydrogen-bond acceptors (Lipinski definition) is 3. The van der Waals surface area contributed by atoms with E-state index >= 15 is 0 Å². The first-order valence-electron chi connectivity index (χ1n) is 3.90. The van der Waals surface area contributed by atoms with Crippen LogP contribution in [0.15, 0.2) is 24.3 Å². The van der Waals surface area contributed by atoms with Crippen molar-refractivity contribution in [2.75, 3.05) is 13.2 Å². The van der Waals surface area contributed by atoms with Crippen LogP contribution in [0.5, 0.6) is 5.75 Å². The first-order valence-corrected chi connectivity index (χ1v) is 3.90. The van der Waals surface area contributed by atoms with Crippen LogP contribution in [0.4, 0.5) is 4.39 Å². The van der Waals surface area contributed by atoms with Crippen LogP contribution in [0.25, 0.3) is 0 Å². The second-order valence-electron chi connectivity index (χ2n) is 2.58. The summed E-state index contributed by atoms with van der Waals surface area (Å²) in [6.45, 7) is -0.508. The van der Waals surface area contributed by atoms with Crippen LogP contribution >= 0.6 is 0 Å². The Morgan fingerprint density at radius 2 is 2.08 bits per heavy atom. The molecule has 0 spiro atoms. The number of aliphatic hydroxyl groups is 2. The molecule has 0 aliphatic heterocycles. The van der Waals surface area contributed by atoms with Crippen LogP contribution in [0.1, 0.15) is 0 Å². The fourth-order valence-electron chi connectivity index (χ4n) is 0.800. The largest absolute Gasteiger partial charge is 0.488 e. The summed E-state index contributed by atoms with van der Waals surface area (Å²) in [6.07, 6.45) is -0.973. The number of halogens is 1. The zero-order chi connectivity index (χ0) is 9.68. The Morgan fingerprint density at radius 3 is 2.69 bits per heavy atom. The van der Waals surface area contributed by atoms with Gasteiger partial charge in [0.05, 0.1) is 6.61 Å². The topological polar surface area (TPSA) is 49.7 Å². The van der Waals surface area contributed by atoms with Gasteiger partial charge in [0.25, 0.3) is 0 Å². The molecule has 0 radical (unpaired) electrons. The predicted octanol–water partition coefficient (Wildman–Crippen LogP) is 0.558. The standard InChI is InChI=1S/C9H11FO3/c10-8-3-1-2-4-9(8)13-6-7(12)5-11/h1-4,7,11-12H,5-6H2/t7-/m0/s1. The number of rotatable bonds is 4. The van der Waals surface area contributed by atoms with E-state index in [-0.39, 0.29) is 12.4 Å². The molecule has 3 nitrogen and oxygen atoms in total. The summed E-state index contributed by atoms with van der Waals surface area (Å²) in [5.41, 5.74) is 0. The molecule has 72 valence electrons. The maximum atomic E-state index is 12.9. The van der Waals surface area contributed by atoms with Crippen LogP contribution in [0.2, 0.25) is 0 Å². The van der Waals surface area contributed by atoms with E-state index in [1.165, 1.54) is 12.1 Å². The van der Waals surface area contributed by atoms with Crippen molar-refractivity contribution in [3.63, 3.8) is 0 Å². The van der Waals surface area contributed by atoms with Gasteiger partial charge < -0.3 is 14.9 Å². The molecule has 1 rings (SSSR count). The number of ether oxygens (including phenoxy) is 1. The summed E-state index contributed by atoms with van der Waals surface area (Å²) >= 11 is 0. The van der Waals surface area contributed by atoms with Crippen molar-refractivity contribution in [2.24, 2.45) is 0 Å². The fourth-order valence-corrected chi connectivity index (χ4v) is 0.800. The second kappa shape index (κ2) is 4.79. The normalized spacial score (nSPS) is 12.5. The van der Waals surface area contributed by atoms with Crippen molar-refractivity contribution in [3.05, 3.63) is 30.1 Å². The Kier molecular flexibility index (Phi) is 3.67. The molecular weight excluding hydrogens is 175 g/mol. The van der Waals surface area contributed by atoms with Gasteiger partial charge in [0.15, 0.2) is 11.6 Å². The maximum Gasteiger partial charge on any atom is 0.165 e.